The summed E-state index contributed by atoms with van der Waals surface area (Å²) in [5, 5.41) is 13.5. The van der Waals surface area contributed by atoms with Gasteiger partial charge in [0.15, 0.2) is 5.82 Å². The minimum atomic E-state index is 0.0771. The summed E-state index contributed by atoms with van der Waals surface area (Å²) in [6.07, 6.45) is 6.59. The molecule has 0 saturated carbocycles. The van der Waals surface area contributed by atoms with Crippen LogP contribution in [-0.2, 0) is 7.05 Å². The molecule has 6 heteroatoms. The smallest absolute Gasteiger partial charge is 0.165 e. The van der Waals surface area contributed by atoms with Gasteiger partial charge in [-0.05, 0) is 41.8 Å². The first-order chi connectivity index (χ1) is 12.1. The highest BCUT2D eigenvalue weighted by Crippen LogP contribution is 2.32. The van der Waals surface area contributed by atoms with Gasteiger partial charge in [-0.2, -0.15) is 0 Å². The van der Waals surface area contributed by atoms with Crippen molar-refractivity contribution in [3.63, 3.8) is 0 Å². The Bertz CT molecular complexity index is 859. The molecule has 1 atom stereocenters. The van der Waals surface area contributed by atoms with Crippen molar-refractivity contribution in [3.05, 3.63) is 48.9 Å². The van der Waals surface area contributed by atoms with Crippen LogP contribution in [0, 0.1) is 0 Å². The standard InChI is InChI=1S/C19H23N5O/c1-3-15(20)11-22-18-6-8-21-19(23-18)16-10-13(4-5-17(16)25)14-7-9-24(2)12-14/h4-10,12,15,25H,3,11,20H2,1-2H3,(H,21,22,23)/t15-/m1/s1. The summed E-state index contributed by atoms with van der Waals surface area (Å²) in [4.78, 5) is 8.82. The van der Waals surface area contributed by atoms with Crippen LogP contribution in [0.3, 0.4) is 0 Å². The van der Waals surface area contributed by atoms with E-state index in [1.807, 2.05) is 49.1 Å². The maximum Gasteiger partial charge on any atom is 0.165 e. The number of anilines is 1. The number of rotatable bonds is 6. The molecule has 3 aromatic rings. The highest BCUT2D eigenvalue weighted by atomic mass is 16.3. The summed E-state index contributed by atoms with van der Waals surface area (Å²) in [6, 6.07) is 9.37. The van der Waals surface area contributed by atoms with E-state index in [-0.39, 0.29) is 11.8 Å². The monoisotopic (exact) mass is 337 g/mol. The Hall–Kier alpha value is -2.86. The van der Waals surface area contributed by atoms with E-state index in [0.29, 0.717) is 23.8 Å². The summed E-state index contributed by atoms with van der Waals surface area (Å²) < 4.78 is 1.99. The second-order valence-electron chi connectivity index (χ2n) is 6.11. The van der Waals surface area contributed by atoms with Crippen molar-refractivity contribution in [2.75, 3.05) is 11.9 Å². The number of phenols is 1. The van der Waals surface area contributed by atoms with E-state index < -0.39 is 0 Å². The first-order valence-electron chi connectivity index (χ1n) is 8.35. The molecule has 0 aliphatic heterocycles. The van der Waals surface area contributed by atoms with Crippen molar-refractivity contribution >= 4 is 5.82 Å². The first kappa shape index (κ1) is 17.0. The minimum absolute atomic E-state index is 0.0771. The Morgan fingerprint density at radius 2 is 2.08 bits per heavy atom. The minimum Gasteiger partial charge on any atom is -0.507 e. The van der Waals surface area contributed by atoms with Crippen molar-refractivity contribution in [1.29, 1.82) is 0 Å². The van der Waals surface area contributed by atoms with Gasteiger partial charge in [0.1, 0.15) is 11.6 Å². The lowest BCUT2D eigenvalue weighted by atomic mass is 10.0. The molecule has 0 saturated heterocycles. The third-order valence-electron chi connectivity index (χ3n) is 4.13. The van der Waals surface area contributed by atoms with Crippen LogP contribution in [0.15, 0.2) is 48.9 Å². The maximum atomic E-state index is 10.3. The number of aryl methyl sites for hydroxylation is 1. The van der Waals surface area contributed by atoms with E-state index >= 15 is 0 Å². The third kappa shape index (κ3) is 3.97. The largest absolute Gasteiger partial charge is 0.507 e. The predicted octanol–water partition coefficient (Wildman–Crippen LogP) is 3.00. The molecule has 0 aliphatic rings. The van der Waals surface area contributed by atoms with Crippen LogP contribution in [0.2, 0.25) is 0 Å². The Morgan fingerprint density at radius 3 is 2.80 bits per heavy atom. The topological polar surface area (TPSA) is 89.0 Å². The fraction of sp³-hybridized carbons (Fsp3) is 0.263. The predicted molar refractivity (Wildman–Crippen MR) is 100 cm³/mol. The summed E-state index contributed by atoms with van der Waals surface area (Å²) in [5.41, 5.74) is 8.61. The molecular formula is C19H23N5O. The molecule has 0 bridgehead atoms. The lowest BCUT2D eigenvalue weighted by molar-refractivity contribution is 0.477. The van der Waals surface area contributed by atoms with Crippen LogP contribution in [0.5, 0.6) is 5.75 Å². The molecule has 0 spiro atoms. The normalized spacial score (nSPS) is 12.1. The van der Waals surface area contributed by atoms with E-state index in [1.54, 1.807) is 18.3 Å². The van der Waals surface area contributed by atoms with Gasteiger partial charge in [0, 0.05) is 38.2 Å². The molecule has 25 heavy (non-hydrogen) atoms. The molecule has 0 radical (unpaired) electrons. The van der Waals surface area contributed by atoms with Gasteiger partial charge >= 0.3 is 0 Å². The highest BCUT2D eigenvalue weighted by Gasteiger charge is 2.11. The van der Waals surface area contributed by atoms with Crippen LogP contribution in [-0.4, -0.2) is 32.2 Å². The lowest BCUT2D eigenvalue weighted by Gasteiger charge is -2.12. The number of benzene rings is 1. The number of phenolic OH excluding ortho intramolecular Hbond substituents is 1. The van der Waals surface area contributed by atoms with Crippen molar-refractivity contribution < 1.29 is 5.11 Å². The molecule has 4 N–H and O–H groups in total. The van der Waals surface area contributed by atoms with Gasteiger partial charge in [0.05, 0.1) is 5.56 Å². The number of hydrogen-bond acceptors (Lipinski definition) is 5. The molecule has 130 valence electrons. The SMILES string of the molecule is CC[C@@H](N)CNc1ccnc(-c2cc(-c3ccn(C)c3)ccc2O)n1. The number of nitrogens with zero attached hydrogens (tertiary/aromatic N) is 3. The van der Waals surface area contributed by atoms with Crippen LogP contribution in [0.1, 0.15) is 13.3 Å². The van der Waals surface area contributed by atoms with Gasteiger partial charge in [0.2, 0.25) is 0 Å². The summed E-state index contributed by atoms with van der Waals surface area (Å²) >= 11 is 0. The first-order valence-corrected chi connectivity index (χ1v) is 8.35. The molecule has 0 aliphatic carbocycles. The number of aromatic nitrogens is 3. The fourth-order valence-electron chi connectivity index (χ4n) is 2.54. The van der Waals surface area contributed by atoms with E-state index in [1.165, 1.54) is 0 Å². The van der Waals surface area contributed by atoms with E-state index in [9.17, 15) is 5.11 Å². The second kappa shape index (κ2) is 7.36. The maximum absolute atomic E-state index is 10.3. The number of nitrogens with one attached hydrogen (secondary N) is 1. The van der Waals surface area contributed by atoms with E-state index in [2.05, 4.69) is 15.3 Å². The Kier molecular flexibility index (Phi) is 5.00. The molecule has 2 aromatic heterocycles. The zero-order valence-corrected chi connectivity index (χ0v) is 14.5. The average molecular weight is 337 g/mol. The Morgan fingerprint density at radius 1 is 1.24 bits per heavy atom. The van der Waals surface area contributed by atoms with Gasteiger partial charge in [-0.1, -0.05) is 13.0 Å². The van der Waals surface area contributed by atoms with Crippen molar-refractivity contribution in [2.24, 2.45) is 12.8 Å². The number of nitrogens with two attached hydrogens (primary N) is 1. The summed E-state index contributed by atoms with van der Waals surface area (Å²) in [7, 11) is 1.98. The van der Waals surface area contributed by atoms with Gasteiger partial charge in [0.25, 0.3) is 0 Å². The Balaban J connectivity index is 1.90. The van der Waals surface area contributed by atoms with E-state index in [0.717, 1.165) is 17.5 Å². The summed E-state index contributed by atoms with van der Waals surface area (Å²) in [5.74, 6) is 1.32. The molecule has 0 unspecified atom stereocenters. The molecule has 2 heterocycles. The van der Waals surface area contributed by atoms with Gasteiger partial charge < -0.3 is 20.7 Å². The van der Waals surface area contributed by atoms with Crippen molar-refractivity contribution in [2.45, 2.75) is 19.4 Å². The van der Waals surface area contributed by atoms with Crippen LogP contribution in [0.25, 0.3) is 22.5 Å². The average Bonchev–Trinajstić information content (AvgIpc) is 3.06. The van der Waals surface area contributed by atoms with Crippen molar-refractivity contribution in [1.82, 2.24) is 14.5 Å². The fourth-order valence-corrected chi connectivity index (χ4v) is 2.54. The Labute approximate surface area is 147 Å². The van der Waals surface area contributed by atoms with Crippen molar-refractivity contribution in [3.8, 4) is 28.3 Å². The van der Waals surface area contributed by atoms with Crippen LogP contribution < -0.4 is 11.1 Å². The summed E-state index contributed by atoms with van der Waals surface area (Å²) in [6.45, 7) is 2.69. The highest BCUT2D eigenvalue weighted by molar-refractivity contribution is 5.74. The lowest BCUT2D eigenvalue weighted by Crippen LogP contribution is -2.28. The zero-order chi connectivity index (χ0) is 17.8. The van der Waals surface area contributed by atoms with Crippen LogP contribution >= 0.6 is 0 Å². The quantitative estimate of drug-likeness (QED) is 0.643. The number of aromatic hydroxyl groups is 1. The zero-order valence-electron chi connectivity index (χ0n) is 14.5. The van der Waals surface area contributed by atoms with Gasteiger partial charge in [-0.15, -0.1) is 0 Å². The molecular weight excluding hydrogens is 314 g/mol. The molecule has 0 fully saturated rings. The molecule has 1 aromatic carbocycles. The molecule has 6 nitrogen and oxygen atoms in total. The van der Waals surface area contributed by atoms with Gasteiger partial charge in [-0.3, -0.25) is 0 Å². The third-order valence-corrected chi connectivity index (χ3v) is 4.13. The molecule has 0 amide bonds. The van der Waals surface area contributed by atoms with Crippen LogP contribution in [0.4, 0.5) is 5.82 Å². The second-order valence-corrected chi connectivity index (χ2v) is 6.11. The molecule has 3 rings (SSSR count). The van der Waals surface area contributed by atoms with E-state index in [4.69, 9.17) is 5.73 Å². The van der Waals surface area contributed by atoms with Gasteiger partial charge in [-0.25, -0.2) is 9.97 Å². The number of hydrogen-bond donors (Lipinski definition) is 3.